The minimum atomic E-state index is 0.106. The molecule has 1 atom stereocenters. The van der Waals surface area contributed by atoms with Crippen LogP contribution in [0.2, 0.25) is 0 Å². The molecule has 1 amide bonds. The summed E-state index contributed by atoms with van der Waals surface area (Å²) < 4.78 is 0. The van der Waals surface area contributed by atoms with Gasteiger partial charge in [0.25, 0.3) is 5.91 Å². The molecule has 1 aromatic heterocycles. The van der Waals surface area contributed by atoms with Gasteiger partial charge in [-0.3, -0.25) is 9.78 Å². The van der Waals surface area contributed by atoms with Crippen molar-refractivity contribution in [2.75, 3.05) is 33.2 Å². The molecule has 32 heavy (non-hydrogen) atoms. The number of likely N-dealkylation sites (N-methyl/N-ethyl adjacent to an activating group) is 1. The molecule has 2 heterocycles. The van der Waals surface area contributed by atoms with E-state index in [4.69, 9.17) is 4.98 Å². The Morgan fingerprint density at radius 2 is 1.69 bits per heavy atom. The molecule has 2 aromatic carbocycles. The van der Waals surface area contributed by atoms with Gasteiger partial charge in [0.05, 0.1) is 17.6 Å². The highest BCUT2D eigenvalue weighted by Crippen LogP contribution is 2.26. The molecule has 5 heteroatoms. The molecule has 4 rings (SSSR count). The zero-order chi connectivity index (χ0) is 22.3. The smallest absolute Gasteiger partial charge is 0.253 e. The van der Waals surface area contributed by atoms with E-state index in [1.807, 2.05) is 35.4 Å². The molecule has 1 aliphatic heterocycles. The van der Waals surface area contributed by atoms with Crippen molar-refractivity contribution in [3.05, 3.63) is 83.8 Å². The maximum absolute atomic E-state index is 12.8. The summed E-state index contributed by atoms with van der Waals surface area (Å²) in [4.78, 5) is 26.4. The number of amides is 1. The first-order valence-corrected chi connectivity index (χ1v) is 11.6. The number of rotatable bonds is 7. The Morgan fingerprint density at radius 1 is 0.969 bits per heavy atom. The van der Waals surface area contributed by atoms with E-state index in [1.165, 1.54) is 5.56 Å². The van der Waals surface area contributed by atoms with Crippen LogP contribution < -0.4 is 0 Å². The second-order valence-electron chi connectivity index (χ2n) is 8.67. The van der Waals surface area contributed by atoms with Crippen molar-refractivity contribution in [2.24, 2.45) is 0 Å². The van der Waals surface area contributed by atoms with E-state index >= 15 is 0 Å². The summed E-state index contributed by atoms with van der Waals surface area (Å²) in [5, 5.41) is 0. The van der Waals surface area contributed by atoms with E-state index in [2.05, 4.69) is 54.2 Å². The van der Waals surface area contributed by atoms with Crippen LogP contribution in [0.1, 0.15) is 47.3 Å². The van der Waals surface area contributed by atoms with Gasteiger partial charge in [-0.1, -0.05) is 55.8 Å². The van der Waals surface area contributed by atoms with Crippen LogP contribution in [0.25, 0.3) is 11.3 Å². The monoisotopic (exact) mass is 428 g/mol. The first kappa shape index (κ1) is 22.2. The summed E-state index contributed by atoms with van der Waals surface area (Å²) in [5.74, 6) is 0.545. The van der Waals surface area contributed by atoms with Crippen molar-refractivity contribution in [2.45, 2.75) is 32.1 Å². The molecule has 1 unspecified atom stereocenters. The van der Waals surface area contributed by atoms with Crippen molar-refractivity contribution >= 4 is 5.91 Å². The van der Waals surface area contributed by atoms with E-state index in [0.717, 1.165) is 68.0 Å². The SMILES string of the molecule is CCCC(Cc1cncc(-c2ccc(C(=O)N3CCN(C)CC3)cc2)n1)c1ccccc1. The lowest BCUT2D eigenvalue weighted by Crippen LogP contribution is -2.47. The Balaban J connectivity index is 1.47. The predicted molar refractivity (Wildman–Crippen MR) is 129 cm³/mol. The lowest BCUT2D eigenvalue weighted by Gasteiger charge is -2.32. The first-order chi connectivity index (χ1) is 15.6. The van der Waals surface area contributed by atoms with Gasteiger partial charge in [0.1, 0.15) is 0 Å². The maximum Gasteiger partial charge on any atom is 0.253 e. The third-order valence-corrected chi connectivity index (χ3v) is 6.27. The molecule has 0 radical (unpaired) electrons. The minimum Gasteiger partial charge on any atom is -0.336 e. The zero-order valence-corrected chi connectivity index (χ0v) is 19.1. The third kappa shape index (κ3) is 5.40. The van der Waals surface area contributed by atoms with E-state index in [1.54, 1.807) is 6.20 Å². The van der Waals surface area contributed by atoms with Gasteiger partial charge in [0.15, 0.2) is 0 Å². The van der Waals surface area contributed by atoms with E-state index in [9.17, 15) is 4.79 Å². The van der Waals surface area contributed by atoms with Crippen molar-refractivity contribution < 1.29 is 4.79 Å². The fourth-order valence-corrected chi connectivity index (χ4v) is 4.33. The molecule has 1 fully saturated rings. The molecule has 0 saturated carbocycles. The third-order valence-electron chi connectivity index (χ3n) is 6.27. The molecule has 0 N–H and O–H groups in total. The molecule has 0 aliphatic carbocycles. The van der Waals surface area contributed by atoms with E-state index in [-0.39, 0.29) is 5.91 Å². The summed E-state index contributed by atoms with van der Waals surface area (Å²) in [5.41, 5.74) is 4.93. The summed E-state index contributed by atoms with van der Waals surface area (Å²) in [7, 11) is 2.09. The van der Waals surface area contributed by atoms with Crippen LogP contribution in [0.3, 0.4) is 0 Å². The Labute approximate surface area is 191 Å². The largest absolute Gasteiger partial charge is 0.336 e. The number of hydrogen-bond donors (Lipinski definition) is 0. The Kier molecular flexibility index (Phi) is 7.28. The standard InChI is InChI=1S/C27H32N4O/c1-3-7-24(21-8-5-4-6-9-21)18-25-19-28-20-26(29-25)22-10-12-23(13-11-22)27(32)31-16-14-30(2)15-17-31/h4-6,8-13,19-20,24H,3,7,14-18H2,1-2H3. The van der Waals surface area contributed by atoms with Crippen LogP contribution in [-0.4, -0.2) is 58.9 Å². The molecule has 1 saturated heterocycles. The van der Waals surface area contributed by atoms with Crippen molar-refractivity contribution in [1.29, 1.82) is 0 Å². The number of carbonyl (C=O) groups is 1. The highest BCUT2D eigenvalue weighted by Gasteiger charge is 2.20. The number of nitrogens with zero attached hydrogens (tertiary/aromatic N) is 4. The Morgan fingerprint density at radius 3 is 2.38 bits per heavy atom. The molecule has 1 aliphatic rings. The highest BCUT2D eigenvalue weighted by molar-refractivity contribution is 5.94. The van der Waals surface area contributed by atoms with Gasteiger partial charge in [0, 0.05) is 43.5 Å². The molecule has 3 aromatic rings. The van der Waals surface area contributed by atoms with Crippen LogP contribution in [-0.2, 0) is 6.42 Å². The highest BCUT2D eigenvalue weighted by atomic mass is 16.2. The van der Waals surface area contributed by atoms with Crippen molar-refractivity contribution in [3.8, 4) is 11.3 Å². The van der Waals surface area contributed by atoms with Crippen LogP contribution >= 0.6 is 0 Å². The van der Waals surface area contributed by atoms with Gasteiger partial charge in [-0.05, 0) is 43.5 Å². The fraction of sp³-hybridized carbons (Fsp3) is 0.370. The second kappa shape index (κ2) is 10.5. The number of piperazine rings is 1. The second-order valence-corrected chi connectivity index (χ2v) is 8.67. The maximum atomic E-state index is 12.8. The Hall–Kier alpha value is -3.05. The summed E-state index contributed by atoms with van der Waals surface area (Å²) in [6.07, 6.45) is 6.81. The molecule has 0 bridgehead atoms. The fourth-order valence-electron chi connectivity index (χ4n) is 4.33. The van der Waals surface area contributed by atoms with E-state index < -0.39 is 0 Å². The van der Waals surface area contributed by atoms with Gasteiger partial charge >= 0.3 is 0 Å². The summed E-state index contributed by atoms with van der Waals surface area (Å²) >= 11 is 0. The molecular weight excluding hydrogens is 396 g/mol. The number of aromatic nitrogens is 2. The van der Waals surface area contributed by atoms with Crippen molar-refractivity contribution in [3.63, 3.8) is 0 Å². The minimum absolute atomic E-state index is 0.106. The molecule has 166 valence electrons. The first-order valence-electron chi connectivity index (χ1n) is 11.6. The van der Waals surface area contributed by atoms with Crippen LogP contribution in [0.15, 0.2) is 67.0 Å². The molecular formula is C27H32N4O. The quantitative estimate of drug-likeness (QED) is 0.549. The zero-order valence-electron chi connectivity index (χ0n) is 19.1. The average Bonchev–Trinajstić information content (AvgIpc) is 2.85. The number of carbonyl (C=O) groups excluding carboxylic acids is 1. The van der Waals surface area contributed by atoms with Gasteiger partial charge < -0.3 is 9.80 Å². The lowest BCUT2D eigenvalue weighted by atomic mass is 9.90. The topological polar surface area (TPSA) is 49.3 Å². The van der Waals surface area contributed by atoms with Crippen LogP contribution in [0, 0.1) is 0 Å². The molecule has 0 spiro atoms. The van der Waals surface area contributed by atoms with Crippen LogP contribution in [0.5, 0.6) is 0 Å². The Bertz CT molecular complexity index is 1010. The van der Waals surface area contributed by atoms with Gasteiger partial charge in [0.2, 0.25) is 0 Å². The summed E-state index contributed by atoms with van der Waals surface area (Å²) in [6, 6.07) is 18.5. The van der Waals surface area contributed by atoms with E-state index in [0.29, 0.717) is 5.92 Å². The van der Waals surface area contributed by atoms with Gasteiger partial charge in [-0.25, -0.2) is 4.98 Å². The lowest BCUT2D eigenvalue weighted by molar-refractivity contribution is 0.0664. The normalized spacial score (nSPS) is 15.5. The van der Waals surface area contributed by atoms with Gasteiger partial charge in [-0.2, -0.15) is 0 Å². The van der Waals surface area contributed by atoms with Crippen LogP contribution in [0.4, 0.5) is 0 Å². The number of benzene rings is 2. The van der Waals surface area contributed by atoms with Crippen molar-refractivity contribution in [1.82, 2.24) is 19.8 Å². The number of hydrogen-bond acceptors (Lipinski definition) is 4. The molecule has 5 nitrogen and oxygen atoms in total. The summed E-state index contributed by atoms with van der Waals surface area (Å²) in [6.45, 7) is 5.64. The predicted octanol–water partition coefficient (Wildman–Crippen LogP) is 4.66. The van der Waals surface area contributed by atoms with Gasteiger partial charge in [-0.15, -0.1) is 0 Å². The average molecular weight is 429 g/mol.